The first-order valence-corrected chi connectivity index (χ1v) is 6.85. The Morgan fingerprint density at radius 3 is 2.75 bits per heavy atom. The van der Waals surface area contributed by atoms with Crippen molar-refractivity contribution >= 4 is 0 Å². The maximum absolute atomic E-state index is 13.3. The molecule has 0 bridgehead atoms. The van der Waals surface area contributed by atoms with Crippen LogP contribution in [0.5, 0.6) is 0 Å². The topological polar surface area (TPSA) is 29.9 Å². The molecule has 2 aromatic rings. The Bertz CT molecular complexity index is 582. The van der Waals surface area contributed by atoms with Crippen LogP contribution in [0.4, 0.5) is 4.39 Å². The molecule has 0 aliphatic heterocycles. The van der Waals surface area contributed by atoms with Crippen LogP contribution in [0.25, 0.3) is 0 Å². The average molecular weight is 275 g/mol. The summed E-state index contributed by atoms with van der Waals surface area (Å²) < 4.78 is 15.1. The second kappa shape index (κ2) is 5.75. The number of aryl methyl sites for hydroxylation is 1. The van der Waals surface area contributed by atoms with Crippen molar-refractivity contribution in [3.63, 3.8) is 0 Å². The lowest BCUT2D eigenvalue weighted by molar-refractivity contribution is 0.424. The summed E-state index contributed by atoms with van der Waals surface area (Å²) in [6, 6.07) is 4.86. The molecule has 0 aliphatic carbocycles. The van der Waals surface area contributed by atoms with Gasteiger partial charge >= 0.3 is 0 Å². The molecule has 0 amide bonds. The zero-order valence-electron chi connectivity index (χ0n) is 12.6. The molecule has 0 atom stereocenters. The zero-order valence-corrected chi connectivity index (χ0v) is 12.6. The van der Waals surface area contributed by atoms with Gasteiger partial charge in [0.25, 0.3) is 0 Å². The highest BCUT2D eigenvalue weighted by Crippen LogP contribution is 2.12. The summed E-state index contributed by atoms with van der Waals surface area (Å²) in [5, 5.41) is 7.76. The zero-order chi connectivity index (χ0) is 14.8. The Morgan fingerprint density at radius 2 is 2.05 bits per heavy atom. The van der Waals surface area contributed by atoms with Gasteiger partial charge in [-0.1, -0.05) is 6.07 Å². The number of nitrogens with one attached hydrogen (secondary N) is 1. The third-order valence-corrected chi connectivity index (χ3v) is 3.15. The lowest BCUT2D eigenvalue weighted by Crippen LogP contribution is -2.34. The molecule has 0 aliphatic rings. The minimum atomic E-state index is -0.202. The second-order valence-electron chi connectivity index (χ2n) is 6.22. The monoisotopic (exact) mass is 275 g/mol. The largest absolute Gasteiger partial charge is 0.308 e. The normalized spacial score (nSPS) is 11.8. The molecule has 1 aromatic carbocycles. The third-order valence-electron chi connectivity index (χ3n) is 3.15. The molecule has 0 radical (unpaired) electrons. The number of rotatable bonds is 4. The summed E-state index contributed by atoms with van der Waals surface area (Å²) in [6.07, 6.45) is 3.86. The highest BCUT2D eigenvalue weighted by atomic mass is 19.1. The molecule has 108 valence electrons. The summed E-state index contributed by atoms with van der Waals surface area (Å²) >= 11 is 0. The van der Waals surface area contributed by atoms with Crippen LogP contribution < -0.4 is 5.32 Å². The number of aromatic nitrogens is 2. The van der Waals surface area contributed by atoms with Crippen molar-refractivity contribution in [2.24, 2.45) is 0 Å². The van der Waals surface area contributed by atoms with Gasteiger partial charge in [-0.15, -0.1) is 0 Å². The number of halogens is 1. The lowest BCUT2D eigenvalue weighted by Gasteiger charge is -2.19. The van der Waals surface area contributed by atoms with Crippen LogP contribution in [0.15, 0.2) is 30.6 Å². The number of hydrogen-bond acceptors (Lipinski definition) is 2. The molecular weight excluding hydrogens is 253 g/mol. The van der Waals surface area contributed by atoms with E-state index in [-0.39, 0.29) is 11.4 Å². The minimum Gasteiger partial charge on any atom is -0.308 e. The van der Waals surface area contributed by atoms with E-state index >= 15 is 0 Å². The molecule has 1 N–H and O–H groups in total. The maximum atomic E-state index is 13.3. The summed E-state index contributed by atoms with van der Waals surface area (Å²) in [6.45, 7) is 9.76. The van der Waals surface area contributed by atoms with Crippen LogP contribution in [-0.2, 0) is 13.1 Å². The van der Waals surface area contributed by atoms with Crippen LogP contribution in [0.2, 0.25) is 0 Å². The molecule has 4 heteroatoms. The molecule has 20 heavy (non-hydrogen) atoms. The Labute approximate surface area is 119 Å². The summed E-state index contributed by atoms with van der Waals surface area (Å²) in [4.78, 5) is 0. The van der Waals surface area contributed by atoms with Crippen molar-refractivity contribution in [2.75, 3.05) is 0 Å². The summed E-state index contributed by atoms with van der Waals surface area (Å²) in [5.74, 6) is -0.202. The van der Waals surface area contributed by atoms with Crippen LogP contribution in [-0.4, -0.2) is 15.3 Å². The molecular formula is C16H22FN3. The first-order chi connectivity index (χ1) is 9.33. The van der Waals surface area contributed by atoms with Crippen molar-refractivity contribution in [2.45, 2.75) is 46.3 Å². The van der Waals surface area contributed by atoms with Gasteiger partial charge in [0.15, 0.2) is 0 Å². The van der Waals surface area contributed by atoms with E-state index in [0.717, 1.165) is 23.2 Å². The number of hydrogen-bond donors (Lipinski definition) is 1. The Morgan fingerprint density at radius 1 is 1.30 bits per heavy atom. The molecule has 1 heterocycles. The first-order valence-electron chi connectivity index (χ1n) is 6.85. The maximum Gasteiger partial charge on any atom is 0.123 e. The van der Waals surface area contributed by atoms with Crippen molar-refractivity contribution in [1.82, 2.24) is 15.1 Å². The van der Waals surface area contributed by atoms with Crippen molar-refractivity contribution in [3.8, 4) is 0 Å². The van der Waals surface area contributed by atoms with Gasteiger partial charge in [0, 0.05) is 23.8 Å². The molecule has 1 aromatic heterocycles. The highest BCUT2D eigenvalue weighted by molar-refractivity contribution is 5.26. The Kier molecular flexibility index (Phi) is 4.23. The van der Waals surface area contributed by atoms with E-state index < -0.39 is 0 Å². The van der Waals surface area contributed by atoms with E-state index in [9.17, 15) is 4.39 Å². The quantitative estimate of drug-likeness (QED) is 0.928. The van der Waals surface area contributed by atoms with Gasteiger partial charge in [0.1, 0.15) is 5.82 Å². The van der Waals surface area contributed by atoms with Crippen LogP contribution in [0.3, 0.4) is 0 Å². The molecule has 0 saturated heterocycles. The lowest BCUT2D eigenvalue weighted by atomic mass is 10.1. The number of benzene rings is 1. The van der Waals surface area contributed by atoms with Crippen LogP contribution in [0.1, 0.15) is 37.5 Å². The minimum absolute atomic E-state index is 0.0846. The van der Waals surface area contributed by atoms with Gasteiger partial charge < -0.3 is 5.32 Å². The molecule has 3 nitrogen and oxygen atoms in total. The Hall–Kier alpha value is -1.68. The standard InChI is InChI=1S/C16H22FN3/c1-12-5-6-15(17)7-14(12)11-20-10-13(9-19-20)8-18-16(2,3)4/h5-7,9-10,18H,8,11H2,1-4H3. The summed E-state index contributed by atoms with van der Waals surface area (Å²) in [5.41, 5.74) is 3.26. The van der Waals surface area contributed by atoms with Crippen molar-refractivity contribution < 1.29 is 4.39 Å². The van der Waals surface area contributed by atoms with Crippen molar-refractivity contribution in [1.29, 1.82) is 0 Å². The van der Waals surface area contributed by atoms with Crippen molar-refractivity contribution in [3.05, 3.63) is 53.1 Å². The van der Waals surface area contributed by atoms with Crippen LogP contribution >= 0.6 is 0 Å². The summed E-state index contributed by atoms with van der Waals surface area (Å²) in [7, 11) is 0. The SMILES string of the molecule is Cc1ccc(F)cc1Cn1cc(CNC(C)(C)C)cn1. The van der Waals surface area contributed by atoms with Gasteiger partial charge in [-0.3, -0.25) is 4.68 Å². The predicted octanol–water partition coefficient (Wildman–Crippen LogP) is 3.27. The van der Waals surface area contributed by atoms with E-state index in [0.29, 0.717) is 6.54 Å². The average Bonchev–Trinajstić information content (AvgIpc) is 2.78. The molecule has 0 unspecified atom stereocenters. The van der Waals surface area contributed by atoms with Gasteiger partial charge in [0.2, 0.25) is 0 Å². The fourth-order valence-corrected chi connectivity index (χ4v) is 1.94. The van der Waals surface area contributed by atoms with E-state index in [1.54, 1.807) is 12.1 Å². The fraction of sp³-hybridized carbons (Fsp3) is 0.438. The van der Waals surface area contributed by atoms with E-state index in [2.05, 4.69) is 31.2 Å². The number of nitrogens with zero attached hydrogens (tertiary/aromatic N) is 2. The van der Waals surface area contributed by atoms with Gasteiger partial charge in [0.05, 0.1) is 12.7 Å². The first kappa shape index (κ1) is 14.7. The molecule has 0 saturated carbocycles. The molecule has 0 spiro atoms. The van der Waals surface area contributed by atoms with Crippen LogP contribution in [0, 0.1) is 12.7 Å². The van der Waals surface area contributed by atoms with Gasteiger partial charge in [-0.05, 0) is 51.0 Å². The highest BCUT2D eigenvalue weighted by Gasteiger charge is 2.09. The van der Waals surface area contributed by atoms with E-state index in [1.165, 1.54) is 6.07 Å². The smallest absolute Gasteiger partial charge is 0.123 e. The van der Waals surface area contributed by atoms with Gasteiger partial charge in [-0.2, -0.15) is 5.10 Å². The second-order valence-corrected chi connectivity index (χ2v) is 6.22. The molecule has 2 rings (SSSR count). The third kappa shape index (κ3) is 4.17. The van der Waals surface area contributed by atoms with E-state index in [1.807, 2.05) is 24.0 Å². The fourth-order valence-electron chi connectivity index (χ4n) is 1.94. The van der Waals surface area contributed by atoms with Gasteiger partial charge in [-0.25, -0.2) is 4.39 Å². The van der Waals surface area contributed by atoms with E-state index in [4.69, 9.17) is 0 Å². The molecule has 0 fully saturated rings. The Balaban J connectivity index is 2.04. The predicted molar refractivity (Wildman–Crippen MR) is 79.1 cm³/mol.